The zero-order valence-corrected chi connectivity index (χ0v) is 37.9. The molecule has 64 heavy (non-hydrogen) atoms. The van der Waals surface area contributed by atoms with Gasteiger partial charge in [-0.1, -0.05) is 31.1 Å². The first-order valence-corrected chi connectivity index (χ1v) is 24.8. The predicted octanol–water partition coefficient (Wildman–Crippen LogP) is 8.67. The van der Waals surface area contributed by atoms with Crippen LogP contribution in [0.5, 0.6) is 11.5 Å². The second-order valence-corrected chi connectivity index (χ2v) is 20.9. The Morgan fingerprint density at radius 2 is 1.80 bits per heavy atom. The van der Waals surface area contributed by atoms with Crippen LogP contribution in [0.4, 0.5) is 18.7 Å². The van der Waals surface area contributed by atoms with Crippen LogP contribution in [0.15, 0.2) is 60.0 Å². The highest BCUT2D eigenvalue weighted by molar-refractivity contribution is 7.59. The number of hydrogen-bond donors (Lipinski definition) is 4. The molecule has 2 aliphatic heterocycles. The number of aromatic nitrogens is 2. The topological polar surface area (TPSA) is 181 Å². The van der Waals surface area contributed by atoms with E-state index in [1.54, 1.807) is 31.4 Å². The van der Waals surface area contributed by atoms with Gasteiger partial charge in [0.25, 0.3) is 0 Å². The lowest BCUT2D eigenvalue weighted by atomic mass is 10.0. The number of fused-ring (bicyclic) bond motifs is 3. The highest BCUT2D eigenvalue weighted by Gasteiger charge is 2.66. The first-order valence-electron chi connectivity index (χ1n) is 22.1. The summed E-state index contributed by atoms with van der Waals surface area (Å²) in [5.41, 5.74) is 1.15. The Kier molecular flexibility index (Phi) is 13.6. The minimum Gasteiger partial charge on any atom is -0.497 e. The van der Waals surface area contributed by atoms with E-state index in [4.69, 9.17) is 24.2 Å². The van der Waals surface area contributed by atoms with E-state index in [1.165, 1.54) is 22.3 Å². The molecule has 2 aromatic heterocycles. The number of nitrogens with zero attached hydrogens (tertiary/aromatic N) is 3. The number of methoxy groups -OCH3 is 1. The molecule has 1 saturated heterocycles. The van der Waals surface area contributed by atoms with Crippen molar-refractivity contribution in [3.8, 4) is 22.9 Å². The Labute approximate surface area is 375 Å². The fourth-order valence-electron chi connectivity index (χ4n) is 9.10. The monoisotopic (exact) mass is 920 g/mol. The molecular weight excluding hydrogens is 866 g/mol. The van der Waals surface area contributed by atoms with E-state index in [0.717, 1.165) is 55.8 Å². The van der Waals surface area contributed by atoms with Gasteiger partial charge in [0.1, 0.15) is 58.4 Å². The van der Waals surface area contributed by atoms with Crippen molar-refractivity contribution in [2.45, 2.75) is 126 Å². The summed E-state index contributed by atoms with van der Waals surface area (Å²) in [5, 5.41) is 10.5. The number of alkyl carbamates (subject to hydrolysis) is 1. The predicted molar refractivity (Wildman–Crippen MR) is 239 cm³/mol. The van der Waals surface area contributed by atoms with E-state index in [9.17, 15) is 32.6 Å². The molecule has 0 radical (unpaired) electrons. The van der Waals surface area contributed by atoms with Gasteiger partial charge >= 0.3 is 6.09 Å². The van der Waals surface area contributed by atoms with E-state index in [2.05, 4.69) is 16.0 Å². The van der Waals surface area contributed by atoms with Gasteiger partial charge in [0.2, 0.25) is 19.2 Å². The molecule has 0 bridgehead atoms. The smallest absolute Gasteiger partial charge is 0.408 e. The van der Waals surface area contributed by atoms with Gasteiger partial charge in [0.05, 0.1) is 31.0 Å². The number of pyridine rings is 1. The third-order valence-corrected chi connectivity index (χ3v) is 16.0. The number of ether oxygens (including phenoxy) is 3. The number of hydrogen-bond acceptors (Lipinski definition) is 11. The maximum absolute atomic E-state index is 14.9. The molecule has 2 aliphatic carbocycles. The van der Waals surface area contributed by atoms with Crippen LogP contribution >= 0.6 is 18.7 Å². The number of amides is 3. The molecule has 18 heteroatoms. The van der Waals surface area contributed by atoms with Gasteiger partial charge in [-0.2, -0.15) is 0 Å². The van der Waals surface area contributed by atoms with Gasteiger partial charge in [-0.25, -0.2) is 23.5 Å². The normalized spacial score (nSPS) is 25.6. The quantitative estimate of drug-likeness (QED) is 0.0835. The Hall–Kier alpha value is -5.12. The van der Waals surface area contributed by atoms with E-state index in [0.29, 0.717) is 46.6 Å². The SMILES string of the molecule is COc1ccc2c(OC3C[C@H]4C(=O)N[C@]5(P(=O)(O)Cc6c(F)cccc6F)C[C@H]5/C=C\CCCCCC(NC(=O)OC5CCCC5)C(=O)N4C3)cc(-c3csc(NC(C)C)n3)nc2c1. The van der Waals surface area contributed by atoms with Crippen LogP contribution in [0.1, 0.15) is 90.0 Å². The van der Waals surface area contributed by atoms with Crippen molar-refractivity contribution < 1.29 is 46.8 Å². The second-order valence-electron chi connectivity index (χ2n) is 17.6. The van der Waals surface area contributed by atoms with E-state index in [-0.39, 0.29) is 38.0 Å². The molecule has 3 fully saturated rings. The number of carbonyl (C=O) groups excluding carboxylic acids is 3. The van der Waals surface area contributed by atoms with Crippen LogP contribution in [0.3, 0.4) is 0 Å². The number of thiazole rings is 1. The van der Waals surface area contributed by atoms with Crippen LogP contribution in [0, 0.1) is 17.6 Å². The molecule has 6 atom stereocenters. The van der Waals surface area contributed by atoms with Crippen molar-refractivity contribution in [1.82, 2.24) is 25.5 Å². The second kappa shape index (κ2) is 19.2. The first-order chi connectivity index (χ1) is 30.7. The Balaban J connectivity index is 1.14. The molecule has 3 amide bonds. The van der Waals surface area contributed by atoms with Crippen molar-refractivity contribution in [2.75, 3.05) is 19.0 Å². The number of anilines is 1. The average molecular weight is 921 g/mol. The third kappa shape index (κ3) is 9.91. The molecule has 4 aliphatic rings. The summed E-state index contributed by atoms with van der Waals surface area (Å²) in [6.45, 7) is 3.96. The van der Waals surface area contributed by atoms with Crippen LogP contribution in [-0.2, 0) is 25.1 Å². The number of halogens is 2. The minimum absolute atomic E-state index is 0.0282. The molecule has 3 unspecified atom stereocenters. The highest BCUT2D eigenvalue weighted by Crippen LogP contribution is 2.71. The summed E-state index contributed by atoms with van der Waals surface area (Å²) in [5.74, 6) is -2.80. The summed E-state index contributed by atoms with van der Waals surface area (Å²) < 4.78 is 62.4. The van der Waals surface area contributed by atoms with Gasteiger partial charge in [-0.3, -0.25) is 14.2 Å². The number of nitrogens with one attached hydrogen (secondary N) is 3. The van der Waals surface area contributed by atoms with E-state index >= 15 is 0 Å². The van der Waals surface area contributed by atoms with Crippen LogP contribution in [-0.4, -0.2) is 86.9 Å². The molecule has 14 nitrogen and oxygen atoms in total. The summed E-state index contributed by atoms with van der Waals surface area (Å²) in [6, 6.07) is 8.26. The van der Waals surface area contributed by atoms with Gasteiger partial charge in [-0.05, 0) is 89.5 Å². The number of rotatable bonds is 11. The standard InChI is InChI=1S/C46H55F2N6O8PS/c1-27(2)49-44-51-39(26-64-44)38-22-41(32-19-18-30(60-3)20-37(32)50-38)61-31-21-40-42(55)53-46(63(58,59)25-33-34(47)15-11-16-35(33)48)23-28(46)12-7-5-4-6-8-17-36(43(56)54(40)24-31)52-45(57)62-29-13-9-10-14-29/h7,11-12,15-16,18-20,22,26-29,31,36,40H,4-6,8-10,13-14,17,21,23-25H2,1-3H3,(H,49,51)(H,52,57)(H,53,55)(H,58,59)/b12-7-/t28-,31?,36?,40+,46+/m1/s1. The molecule has 0 spiro atoms. The van der Waals surface area contributed by atoms with Crippen LogP contribution in [0.2, 0.25) is 0 Å². The molecule has 4 aromatic rings. The fourth-order valence-corrected chi connectivity index (χ4v) is 12.3. The lowest BCUT2D eigenvalue weighted by Gasteiger charge is -2.31. The molecule has 2 saturated carbocycles. The van der Waals surface area contributed by atoms with Crippen molar-refractivity contribution >= 4 is 52.6 Å². The fraction of sp³-hybridized carbons (Fsp3) is 0.500. The zero-order chi connectivity index (χ0) is 45.2. The molecular formula is C46H55F2N6O8PS. The summed E-state index contributed by atoms with van der Waals surface area (Å²) in [6.07, 6.45) is 7.45. The van der Waals surface area contributed by atoms with Gasteiger partial charge in [0.15, 0.2) is 5.13 Å². The lowest BCUT2D eigenvalue weighted by molar-refractivity contribution is -0.140. The van der Waals surface area contributed by atoms with E-state index < -0.39 is 78.0 Å². The molecule has 2 aromatic carbocycles. The van der Waals surface area contributed by atoms with Gasteiger partial charge in [0, 0.05) is 46.8 Å². The van der Waals surface area contributed by atoms with E-state index in [1.807, 2.05) is 31.4 Å². The van der Waals surface area contributed by atoms with Crippen molar-refractivity contribution in [3.63, 3.8) is 0 Å². The maximum atomic E-state index is 14.9. The number of allylic oxidation sites excluding steroid dienone is 1. The minimum atomic E-state index is -4.59. The summed E-state index contributed by atoms with van der Waals surface area (Å²) in [4.78, 5) is 65.8. The van der Waals surface area contributed by atoms with Gasteiger partial charge in [-0.15, -0.1) is 11.3 Å². The average Bonchev–Trinajstić information content (AvgIpc) is 3.67. The Morgan fingerprint density at radius 1 is 1.03 bits per heavy atom. The zero-order valence-electron chi connectivity index (χ0n) is 36.2. The highest BCUT2D eigenvalue weighted by atomic mass is 32.1. The Bertz CT molecular complexity index is 2440. The molecule has 8 rings (SSSR count). The van der Waals surface area contributed by atoms with Crippen LogP contribution < -0.4 is 25.4 Å². The number of carbonyl (C=O) groups is 3. The molecule has 342 valence electrons. The van der Waals surface area contributed by atoms with Crippen molar-refractivity contribution in [3.05, 3.63) is 77.2 Å². The third-order valence-electron chi connectivity index (χ3n) is 12.6. The van der Waals surface area contributed by atoms with Crippen LogP contribution in [0.25, 0.3) is 22.3 Å². The van der Waals surface area contributed by atoms with Gasteiger partial charge < -0.3 is 40.0 Å². The molecule has 4 N–H and O–H groups in total. The first kappa shape index (κ1) is 45.4. The van der Waals surface area contributed by atoms with Crippen molar-refractivity contribution in [2.24, 2.45) is 5.92 Å². The Morgan fingerprint density at radius 3 is 2.55 bits per heavy atom. The summed E-state index contributed by atoms with van der Waals surface area (Å²) in [7, 11) is -3.04. The largest absolute Gasteiger partial charge is 0.497 e. The maximum Gasteiger partial charge on any atom is 0.408 e. The lowest BCUT2D eigenvalue weighted by Crippen LogP contribution is -2.55. The number of benzene rings is 2. The van der Waals surface area contributed by atoms with Crippen molar-refractivity contribution in [1.29, 1.82) is 0 Å². The molecule has 4 heterocycles. The summed E-state index contributed by atoms with van der Waals surface area (Å²) >= 11 is 1.44.